The summed E-state index contributed by atoms with van der Waals surface area (Å²) in [5, 5.41) is 12.1. The number of piperidine rings is 1. The molecule has 0 spiro atoms. The molecule has 0 bridgehead atoms. The van der Waals surface area contributed by atoms with E-state index in [1.54, 1.807) is 0 Å². The van der Waals surface area contributed by atoms with E-state index in [1.807, 2.05) is 0 Å². The fourth-order valence-electron chi connectivity index (χ4n) is 5.52. The van der Waals surface area contributed by atoms with Gasteiger partial charge in [0.25, 0.3) is 0 Å². The highest BCUT2D eigenvalue weighted by molar-refractivity contribution is 7.88. The van der Waals surface area contributed by atoms with E-state index in [9.17, 15) is 23.1 Å². The average molecular weight is 522 g/mol. The minimum atomic E-state index is -3.37. The largest absolute Gasteiger partial charge is 0.480 e. The summed E-state index contributed by atoms with van der Waals surface area (Å²) in [4.78, 5) is 29.2. The average Bonchev–Trinajstić information content (AvgIpc) is 2.83. The molecule has 2 unspecified atom stereocenters. The quantitative estimate of drug-likeness (QED) is 0.458. The molecule has 2 heterocycles. The first-order valence-electron chi connectivity index (χ1n) is 13.3. The Bertz CT molecular complexity index is 1040. The second-order valence-corrected chi connectivity index (χ2v) is 12.6. The molecule has 4 rings (SSSR count). The highest BCUT2D eigenvalue weighted by Crippen LogP contribution is 2.34. The highest BCUT2D eigenvalue weighted by atomic mass is 32.2. The lowest BCUT2D eigenvalue weighted by molar-refractivity contribution is -0.143. The number of aliphatic carboxylic acids is 1. The molecule has 1 amide bonds. The van der Waals surface area contributed by atoms with Gasteiger partial charge in [-0.15, -0.1) is 0 Å². The van der Waals surface area contributed by atoms with Crippen molar-refractivity contribution in [3.63, 3.8) is 0 Å². The normalized spacial score (nSPS) is 25.4. The van der Waals surface area contributed by atoms with Crippen LogP contribution in [0.3, 0.4) is 0 Å². The summed E-state index contributed by atoms with van der Waals surface area (Å²) in [6.45, 7) is 0.754. The summed E-state index contributed by atoms with van der Waals surface area (Å²) in [6, 6.07) is 3.37. The molecule has 2 aliphatic carbocycles. The van der Waals surface area contributed by atoms with Gasteiger partial charge in [-0.2, -0.15) is 0 Å². The van der Waals surface area contributed by atoms with Gasteiger partial charge in [0.15, 0.2) is 0 Å². The molecule has 1 saturated carbocycles. The van der Waals surface area contributed by atoms with Crippen LogP contribution in [0.2, 0.25) is 0 Å². The number of rotatable bonds is 11. The van der Waals surface area contributed by atoms with Crippen LogP contribution in [0, 0.1) is 11.8 Å². The number of ether oxygens (including phenoxy) is 1. The Kier molecular flexibility index (Phi) is 9.00. The van der Waals surface area contributed by atoms with E-state index in [2.05, 4.69) is 17.4 Å². The number of hydrogen-bond donors (Lipinski definition) is 2. The molecule has 3 aliphatic rings. The summed E-state index contributed by atoms with van der Waals surface area (Å²) in [5.41, 5.74) is 3.87. The lowest BCUT2D eigenvalue weighted by Gasteiger charge is -2.35. The van der Waals surface area contributed by atoms with Gasteiger partial charge < -0.3 is 15.2 Å². The van der Waals surface area contributed by atoms with Gasteiger partial charge in [-0.1, -0.05) is 6.07 Å². The second-order valence-electron chi connectivity index (χ2n) is 10.6. The maximum Gasteiger partial charge on any atom is 0.326 e. The zero-order valence-electron chi connectivity index (χ0n) is 21.2. The van der Waals surface area contributed by atoms with Crippen molar-refractivity contribution in [2.24, 2.45) is 11.8 Å². The number of hydrogen-bond acceptors (Lipinski definition) is 6. The van der Waals surface area contributed by atoms with Gasteiger partial charge in [0.1, 0.15) is 6.04 Å². The van der Waals surface area contributed by atoms with Crippen LogP contribution < -0.4 is 5.32 Å². The minimum absolute atomic E-state index is 0.0952. The maximum atomic E-state index is 12.6. The van der Waals surface area contributed by atoms with Crippen molar-refractivity contribution in [1.29, 1.82) is 0 Å². The molecule has 1 aromatic rings. The Morgan fingerprint density at radius 2 is 2.00 bits per heavy atom. The molecule has 0 aromatic carbocycles. The van der Waals surface area contributed by atoms with E-state index >= 15 is 0 Å². The van der Waals surface area contributed by atoms with Crippen molar-refractivity contribution in [2.75, 3.05) is 26.0 Å². The van der Waals surface area contributed by atoms with Crippen LogP contribution >= 0.6 is 0 Å². The fourth-order valence-corrected chi connectivity index (χ4v) is 6.43. The van der Waals surface area contributed by atoms with Gasteiger partial charge in [-0.3, -0.25) is 9.78 Å². The van der Waals surface area contributed by atoms with Gasteiger partial charge >= 0.3 is 5.97 Å². The standard InChI is InChI=1S/C26H39N3O6S/c1-36(33,34)29-13-4-6-20(17-29)25(30)28-24(26(31)32)12-14-35-22-15-18(16-22)8-10-21-11-9-19-5-2-3-7-23(19)27-21/h9,11,18,20,22,24H,2-8,10,12-17H2,1H3,(H,28,30)(H,31,32). The highest BCUT2D eigenvalue weighted by Gasteiger charge is 2.33. The predicted molar refractivity (Wildman–Crippen MR) is 135 cm³/mol. The van der Waals surface area contributed by atoms with Crippen molar-refractivity contribution in [3.8, 4) is 0 Å². The number of amides is 1. The van der Waals surface area contributed by atoms with Gasteiger partial charge in [0.05, 0.1) is 18.3 Å². The molecule has 2 fully saturated rings. The first kappa shape index (κ1) is 27.0. The number of carbonyl (C=O) groups excluding carboxylic acids is 1. The number of sulfonamides is 1. The summed E-state index contributed by atoms with van der Waals surface area (Å²) < 4.78 is 30.8. The molecule has 1 saturated heterocycles. The summed E-state index contributed by atoms with van der Waals surface area (Å²) in [7, 11) is -3.37. The molecule has 10 heteroatoms. The van der Waals surface area contributed by atoms with Crippen LogP contribution in [-0.2, 0) is 43.6 Å². The van der Waals surface area contributed by atoms with Crippen molar-refractivity contribution in [1.82, 2.24) is 14.6 Å². The maximum absolute atomic E-state index is 12.6. The van der Waals surface area contributed by atoms with Crippen LogP contribution in [0.1, 0.15) is 68.3 Å². The molecule has 2 N–H and O–H groups in total. The number of carboxylic acids is 1. The van der Waals surface area contributed by atoms with Gasteiger partial charge in [-0.25, -0.2) is 17.5 Å². The third-order valence-corrected chi connectivity index (χ3v) is 9.11. The van der Waals surface area contributed by atoms with Crippen molar-refractivity contribution in [2.45, 2.75) is 82.8 Å². The van der Waals surface area contributed by atoms with E-state index in [1.165, 1.54) is 34.1 Å². The topological polar surface area (TPSA) is 126 Å². The Labute approximate surface area is 214 Å². The number of carbonyl (C=O) groups is 2. The fraction of sp³-hybridized carbons (Fsp3) is 0.731. The van der Waals surface area contributed by atoms with Gasteiger partial charge in [0, 0.05) is 37.5 Å². The Hall–Kier alpha value is -2.04. The number of aromatic nitrogens is 1. The van der Waals surface area contributed by atoms with Crippen LogP contribution in [0.4, 0.5) is 0 Å². The number of pyridine rings is 1. The van der Waals surface area contributed by atoms with Crippen molar-refractivity contribution >= 4 is 21.9 Å². The molecule has 1 aliphatic heterocycles. The van der Waals surface area contributed by atoms with E-state index < -0.39 is 33.9 Å². The Balaban J connectivity index is 1.14. The number of carboxylic acid groups (broad SMARTS) is 1. The molecular weight excluding hydrogens is 482 g/mol. The predicted octanol–water partition coefficient (Wildman–Crippen LogP) is 2.32. The van der Waals surface area contributed by atoms with Gasteiger partial charge in [0.2, 0.25) is 15.9 Å². The van der Waals surface area contributed by atoms with E-state index in [-0.39, 0.29) is 25.7 Å². The smallest absolute Gasteiger partial charge is 0.326 e. The summed E-state index contributed by atoms with van der Waals surface area (Å²) in [6.07, 6.45) is 11.3. The third-order valence-electron chi connectivity index (χ3n) is 7.84. The lowest BCUT2D eigenvalue weighted by atomic mass is 9.79. The molecule has 9 nitrogen and oxygen atoms in total. The van der Waals surface area contributed by atoms with E-state index in [0.29, 0.717) is 25.3 Å². The number of fused-ring (bicyclic) bond motifs is 1. The zero-order valence-corrected chi connectivity index (χ0v) is 22.0. The molecule has 2 atom stereocenters. The van der Waals surface area contributed by atoms with Crippen LogP contribution in [0.15, 0.2) is 12.1 Å². The summed E-state index contributed by atoms with van der Waals surface area (Å²) >= 11 is 0. The number of aryl methyl sites for hydroxylation is 3. The molecule has 200 valence electrons. The van der Waals surface area contributed by atoms with Crippen molar-refractivity contribution < 1.29 is 27.9 Å². The SMILES string of the molecule is CS(=O)(=O)N1CCCC(C(=O)NC(CCOC2CC(CCc3ccc4c(n3)CCCC4)C2)C(=O)O)C1. The van der Waals surface area contributed by atoms with Crippen LogP contribution in [0.25, 0.3) is 0 Å². The third kappa shape index (κ3) is 7.26. The second kappa shape index (κ2) is 12.0. The first-order chi connectivity index (χ1) is 17.2. The van der Waals surface area contributed by atoms with Crippen LogP contribution in [0.5, 0.6) is 0 Å². The van der Waals surface area contributed by atoms with E-state index in [4.69, 9.17) is 9.72 Å². The monoisotopic (exact) mass is 521 g/mol. The van der Waals surface area contributed by atoms with E-state index in [0.717, 1.165) is 44.8 Å². The van der Waals surface area contributed by atoms with Crippen molar-refractivity contribution in [3.05, 3.63) is 29.1 Å². The summed E-state index contributed by atoms with van der Waals surface area (Å²) in [5.74, 6) is -1.44. The number of nitrogens with zero attached hydrogens (tertiary/aromatic N) is 2. The minimum Gasteiger partial charge on any atom is -0.480 e. The Morgan fingerprint density at radius 1 is 1.22 bits per heavy atom. The lowest BCUT2D eigenvalue weighted by Crippen LogP contribution is -2.49. The van der Waals surface area contributed by atoms with Crippen LogP contribution in [-0.4, -0.2) is 72.8 Å². The number of nitrogens with one attached hydrogen (secondary N) is 1. The van der Waals surface area contributed by atoms with Gasteiger partial charge in [-0.05, 0) is 81.8 Å². The molecule has 36 heavy (non-hydrogen) atoms. The first-order valence-corrected chi connectivity index (χ1v) is 15.1. The Morgan fingerprint density at radius 3 is 2.75 bits per heavy atom. The molecule has 1 aromatic heterocycles. The zero-order chi connectivity index (χ0) is 25.7. The molecule has 0 radical (unpaired) electrons. The molecular formula is C26H39N3O6S.